The van der Waals surface area contributed by atoms with Gasteiger partial charge in [0.2, 0.25) is 10.0 Å². The van der Waals surface area contributed by atoms with Gasteiger partial charge in [-0.15, -0.1) is 11.6 Å². The first kappa shape index (κ1) is 17.2. The van der Waals surface area contributed by atoms with Gasteiger partial charge in [-0.05, 0) is 40.5 Å². The Hall–Kier alpha value is 0.150. The van der Waals surface area contributed by atoms with E-state index < -0.39 is 10.0 Å². The molecule has 0 aliphatic heterocycles. The maximum absolute atomic E-state index is 12.0. The lowest BCUT2D eigenvalue weighted by Crippen LogP contribution is -2.27. The van der Waals surface area contributed by atoms with Gasteiger partial charge < -0.3 is 4.74 Å². The lowest BCUT2D eigenvalue weighted by molar-refractivity contribution is 0.196. The highest BCUT2D eigenvalue weighted by atomic mass is 79.9. The van der Waals surface area contributed by atoms with Gasteiger partial charge in [-0.2, -0.15) is 0 Å². The lowest BCUT2D eigenvalue weighted by Gasteiger charge is -2.10. The number of methoxy groups -OCH3 is 1. The second kappa shape index (κ2) is 7.81. The van der Waals surface area contributed by atoms with Gasteiger partial charge in [0.1, 0.15) is 0 Å². The third kappa shape index (κ3) is 5.57. The van der Waals surface area contributed by atoms with Crippen LogP contribution in [0.1, 0.15) is 6.42 Å². The number of nitrogens with one attached hydrogen (secondary N) is 1. The second-order valence-electron chi connectivity index (χ2n) is 3.81. The molecule has 1 aromatic rings. The minimum Gasteiger partial charge on any atom is -0.383 e. The van der Waals surface area contributed by atoms with E-state index in [9.17, 15) is 8.42 Å². The van der Waals surface area contributed by atoms with E-state index >= 15 is 0 Å². The predicted molar refractivity (Wildman–Crippen MR) is 80.5 cm³/mol. The average molecular weight is 391 g/mol. The monoisotopic (exact) mass is 389 g/mol. The number of ether oxygens (including phenoxy) is 1. The van der Waals surface area contributed by atoms with E-state index in [0.29, 0.717) is 22.5 Å². The average Bonchev–Trinajstić information content (AvgIpc) is 2.32. The standard InChI is InChI=1S/C11H14BrCl2NO3S/c1-18-7-8(13)4-5-15-19(16,17)9-2-3-11(14)10(12)6-9/h2-3,6,8,15H,4-5,7H2,1H3. The van der Waals surface area contributed by atoms with Crippen molar-refractivity contribution in [3.63, 3.8) is 0 Å². The molecule has 0 aromatic heterocycles. The molecule has 0 spiro atoms. The SMILES string of the molecule is COCC(Cl)CCNS(=O)(=O)c1ccc(Cl)c(Br)c1. The Kier molecular flexibility index (Phi) is 7.07. The maximum Gasteiger partial charge on any atom is 0.240 e. The van der Waals surface area contributed by atoms with Gasteiger partial charge in [-0.3, -0.25) is 0 Å². The van der Waals surface area contributed by atoms with Crippen LogP contribution in [0.4, 0.5) is 0 Å². The topological polar surface area (TPSA) is 55.4 Å². The van der Waals surface area contributed by atoms with Gasteiger partial charge in [0, 0.05) is 18.1 Å². The number of hydrogen-bond acceptors (Lipinski definition) is 3. The Balaban J connectivity index is 2.63. The van der Waals surface area contributed by atoms with Crippen LogP contribution in [0, 0.1) is 0 Å². The molecule has 0 saturated carbocycles. The summed E-state index contributed by atoms with van der Waals surface area (Å²) in [6.07, 6.45) is 0.489. The van der Waals surface area contributed by atoms with Crippen molar-refractivity contribution in [2.24, 2.45) is 0 Å². The van der Waals surface area contributed by atoms with Crippen LogP contribution in [0.3, 0.4) is 0 Å². The van der Waals surface area contributed by atoms with Crippen molar-refractivity contribution in [2.75, 3.05) is 20.3 Å². The minimum absolute atomic E-state index is 0.154. The van der Waals surface area contributed by atoms with Gasteiger partial charge in [-0.25, -0.2) is 13.1 Å². The first-order valence-corrected chi connectivity index (χ1v) is 8.53. The van der Waals surface area contributed by atoms with E-state index in [1.165, 1.54) is 18.2 Å². The molecule has 0 amide bonds. The zero-order valence-corrected chi connectivity index (χ0v) is 14.1. The molecule has 4 nitrogen and oxygen atoms in total. The van der Waals surface area contributed by atoms with Crippen LogP contribution < -0.4 is 4.72 Å². The highest BCUT2D eigenvalue weighted by Gasteiger charge is 2.15. The number of hydrogen-bond donors (Lipinski definition) is 1. The fourth-order valence-electron chi connectivity index (χ4n) is 1.34. The van der Waals surface area contributed by atoms with Gasteiger partial charge in [0.15, 0.2) is 0 Å². The molecule has 108 valence electrons. The van der Waals surface area contributed by atoms with Crippen LogP contribution in [0.2, 0.25) is 5.02 Å². The summed E-state index contributed by atoms with van der Waals surface area (Å²) in [5, 5.41) is 0.240. The summed E-state index contributed by atoms with van der Waals surface area (Å²) < 4.78 is 31.9. The van der Waals surface area contributed by atoms with E-state index in [2.05, 4.69) is 20.7 Å². The number of sulfonamides is 1. The van der Waals surface area contributed by atoms with Crippen molar-refractivity contribution in [3.05, 3.63) is 27.7 Å². The molecule has 1 rings (SSSR count). The number of benzene rings is 1. The summed E-state index contributed by atoms with van der Waals surface area (Å²) >= 11 is 14.9. The number of rotatable bonds is 7. The van der Waals surface area contributed by atoms with E-state index in [1.54, 1.807) is 7.11 Å². The molecule has 0 aliphatic rings. The van der Waals surface area contributed by atoms with Crippen LogP contribution in [-0.2, 0) is 14.8 Å². The second-order valence-corrected chi connectivity index (χ2v) is 7.46. The van der Waals surface area contributed by atoms with Gasteiger partial charge in [0.05, 0.1) is 21.9 Å². The van der Waals surface area contributed by atoms with Gasteiger partial charge in [-0.1, -0.05) is 11.6 Å². The lowest BCUT2D eigenvalue weighted by atomic mass is 10.3. The Morgan fingerprint density at radius 3 is 2.74 bits per heavy atom. The van der Waals surface area contributed by atoms with Crippen molar-refractivity contribution < 1.29 is 13.2 Å². The molecule has 0 fully saturated rings. The first-order chi connectivity index (χ1) is 8.86. The molecule has 1 aromatic carbocycles. The van der Waals surface area contributed by atoms with Crippen LogP contribution in [0.5, 0.6) is 0 Å². The smallest absolute Gasteiger partial charge is 0.240 e. The fourth-order valence-corrected chi connectivity index (χ4v) is 3.30. The van der Waals surface area contributed by atoms with Gasteiger partial charge >= 0.3 is 0 Å². The van der Waals surface area contributed by atoms with Gasteiger partial charge in [0.25, 0.3) is 0 Å². The summed E-state index contributed by atoms with van der Waals surface area (Å²) in [5.74, 6) is 0. The molecular weight excluding hydrogens is 377 g/mol. The molecule has 0 aliphatic carbocycles. The van der Waals surface area contributed by atoms with E-state index in [-0.39, 0.29) is 16.8 Å². The van der Waals surface area contributed by atoms with Crippen molar-refractivity contribution in [1.82, 2.24) is 4.72 Å². The molecule has 1 atom stereocenters. The molecule has 0 bridgehead atoms. The Bertz CT molecular complexity index is 525. The molecule has 0 radical (unpaired) electrons. The molecule has 0 saturated heterocycles. The van der Waals surface area contributed by atoms with E-state index in [4.69, 9.17) is 27.9 Å². The molecule has 8 heteroatoms. The summed E-state index contributed by atoms with van der Waals surface area (Å²) in [5.41, 5.74) is 0. The molecule has 0 heterocycles. The first-order valence-electron chi connectivity index (χ1n) is 5.44. The minimum atomic E-state index is -3.55. The number of halogens is 3. The Morgan fingerprint density at radius 1 is 1.47 bits per heavy atom. The van der Waals surface area contributed by atoms with Crippen molar-refractivity contribution in [3.8, 4) is 0 Å². The summed E-state index contributed by atoms with van der Waals surface area (Å²) in [7, 11) is -2.00. The summed E-state index contributed by atoms with van der Waals surface area (Å²) in [4.78, 5) is 0.154. The quantitative estimate of drug-likeness (QED) is 0.728. The Labute approximate surface area is 131 Å². The van der Waals surface area contributed by atoms with Crippen molar-refractivity contribution in [1.29, 1.82) is 0 Å². The largest absolute Gasteiger partial charge is 0.383 e. The van der Waals surface area contributed by atoms with Crippen molar-refractivity contribution >= 4 is 49.2 Å². The van der Waals surface area contributed by atoms with Crippen LogP contribution in [0.15, 0.2) is 27.6 Å². The molecule has 19 heavy (non-hydrogen) atoms. The Morgan fingerprint density at radius 2 is 2.16 bits per heavy atom. The van der Waals surface area contributed by atoms with E-state index in [0.717, 1.165) is 0 Å². The molecule has 1 N–H and O–H groups in total. The highest BCUT2D eigenvalue weighted by molar-refractivity contribution is 9.10. The third-order valence-corrected chi connectivity index (χ3v) is 5.32. The molecule has 1 unspecified atom stereocenters. The molecular formula is C11H14BrCl2NO3S. The maximum atomic E-state index is 12.0. The fraction of sp³-hybridized carbons (Fsp3) is 0.455. The summed E-state index contributed by atoms with van der Waals surface area (Å²) in [6.45, 7) is 0.635. The zero-order chi connectivity index (χ0) is 14.5. The number of alkyl halides is 1. The zero-order valence-electron chi connectivity index (χ0n) is 10.2. The third-order valence-electron chi connectivity index (χ3n) is 2.30. The van der Waals surface area contributed by atoms with E-state index in [1.807, 2.05) is 0 Å². The van der Waals surface area contributed by atoms with Crippen LogP contribution >= 0.6 is 39.1 Å². The van der Waals surface area contributed by atoms with Crippen molar-refractivity contribution in [2.45, 2.75) is 16.7 Å². The normalized spacial score (nSPS) is 13.5. The predicted octanol–water partition coefficient (Wildman–Crippen LogP) is 3.02. The highest BCUT2D eigenvalue weighted by Crippen LogP contribution is 2.25. The van der Waals surface area contributed by atoms with Crippen LogP contribution in [-0.4, -0.2) is 34.1 Å². The summed E-state index contributed by atoms with van der Waals surface area (Å²) in [6, 6.07) is 4.43. The van der Waals surface area contributed by atoms with Crippen LogP contribution in [0.25, 0.3) is 0 Å².